The highest BCUT2D eigenvalue weighted by Crippen LogP contribution is 2.36. The van der Waals surface area contributed by atoms with Crippen molar-refractivity contribution in [2.45, 2.75) is 43.3 Å². The molecule has 1 aromatic carbocycles. The summed E-state index contributed by atoms with van der Waals surface area (Å²) in [4.78, 5) is 17.1. The number of nitrogens with zero attached hydrogens (tertiary/aromatic N) is 6. The number of piperidine rings is 1. The fourth-order valence-corrected chi connectivity index (χ4v) is 5.35. The number of benzene rings is 1. The molecule has 0 saturated carbocycles. The molecule has 1 amide bonds. The van der Waals surface area contributed by atoms with Crippen molar-refractivity contribution in [3.05, 3.63) is 58.7 Å². The van der Waals surface area contributed by atoms with Gasteiger partial charge in [-0.3, -0.25) is 9.48 Å². The maximum absolute atomic E-state index is 14.7. The highest BCUT2D eigenvalue weighted by Gasteiger charge is 2.35. The molecule has 1 aliphatic rings. The Hall–Kier alpha value is -2.63. The topological polar surface area (TPSA) is 67.2 Å². The van der Waals surface area contributed by atoms with Gasteiger partial charge in [-0.1, -0.05) is 0 Å². The second-order valence-electron chi connectivity index (χ2n) is 9.18. The number of carbonyl (C=O) groups is 1. The quantitative estimate of drug-likeness (QED) is 0.309. The monoisotopic (exact) mass is 594 g/mol. The molecule has 0 radical (unpaired) electrons. The number of rotatable bonds is 5. The summed E-state index contributed by atoms with van der Waals surface area (Å²) in [7, 11) is 3.42. The van der Waals surface area contributed by atoms with Crippen molar-refractivity contribution in [1.29, 1.82) is 0 Å². The van der Waals surface area contributed by atoms with E-state index in [2.05, 4.69) is 20.2 Å². The largest absolute Gasteiger partial charge is 0.355 e. The first-order chi connectivity index (χ1) is 16.5. The predicted octanol–water partition coefficient (Wildman–Crippen LogP) is 4.95. The second kappa shape index (κ2) is 9.79. The lowest BCUT2D eigenvalue weighted by atomic mass is 10.00. The van der Waals surface area contributed by atoms with Crippen molar-refractivity contribution < 1.29 is 13.6 Å². The normalized spacial score (nSPS) is 16.3. The van der Waals surface area contributed by atoms with Crippen molar-refractivity contribution in [2.24, 2.45) is 7.05 Å². The molecule has 0 N–H and O–H groups in total. The van der Waals surface area contributed by atoms with Gasteiger partial charge in [-0.25, -0.2) is 8.78 Å². The number of anilines is 1. The lowest BCUT2D eigenvalue weighted by Gasteiger charge is -2.37. The predicted molar refractivity (Wildman–Crippen MR) is 140 cm³/mol. The molecule has 3 heterocycles. The van der Waals surface area contributed by atoms with E-state index in [9.17, 15) is 13.6 Å². The van der Waals surface area contributed by atoms with E-state index in [1.807, 2.05) is 13.8 Å². The first-order valence-corrected chi connectivity index (χ1v) is 12.6. The number of aryl methyl sites for hydroxylation is 1. The van der Waals surface area contributed by atoms with Crippen LogP contribution in [-0.4, -0.2) is 57.0 Å². The van der Waals surface area contributed by atoms with Gasteiger partial charge >= 0.3 is 0 Å². The molecule has 35 heavy (non-hydrogen) atoms. The van der Waals surface area contributed by atoms with E-state index in [0.717, 1.165) is 54.1 Å². The summed E-state index contributed by atoms with van der Waals surface area (Å²) in [5.41, 5.74) is 4.18. The summed E-state index contributed by atoms with van der Waals surface area (Å²) in [6.45, 7) is 6.89. The fraction of sp³-hybridized carbons (Fsp3) is 0.440. The summed E-state index contributed by atoms with van der Waals surface area (Å²) in [6.07, 6.45) is 2.97. The first kappa shape index (κ1) is 25.5. The molecule has 1 aliphatic heterocycles. The minimum absolute atomic E-state index is 0.0275. The van der Waals surface area contributed by atoms with Crippen molar-refractivity contribution in [3.63, 3.8) is 0 Å². The molecular formula is C25H29F2IN6O. The van der Waals surface area contributed by atoms with E-state index in [1.165, 1.54) is 29.9 Å². The number of alkyl halides is 2. The first-order valence-electron chi connectivity index (χ1n) is 11.5. The Morgan fingerprint density at radius 3 is 2.37 bits per heavy atom. The molecule has 1 unspecified atom stereocenters. The summed E-state index contributed by atoms with van der Waals surface area (Å²) in [5, 5.41) is 13.1. The maximum atomic E-state index is 14.7. The maximum Gasteiger partial charge on any atom is 0.257 e. The van der Waals surface area contributed by atoms with Gasteiger partial charge in [-0.15, -0.1) is 10.2 Å². The molecule has 2 aromatic heterocycles. The van der Waals surface area contributed by atoms with Crippen LogP contribution in [0.25, 0.3) is 11.3 Å². The van der Waals surface area contributed by atoms with Crippen LogP contribution in [-0.2, 0) is 10.7 Å². The summed E-state index contributed by atoms with van der Waals surface area (Å²) in [6, 6.07) is 6.29. The van der Waals surface area contributed by atoms with Gasteiger partial charge in [0.15, 0.2) is 9.49 Å². The zero-order chi connectivity index (χ0) is 25.5. The number of amides is 1. The lowest BCUT2D eigenvalue weighted by Crippen LogP contribution is -2.46. The Morgan fingerprint density at radius 1 is 1.14 bits per heavy atom. The zero-order valence-corrected chi connectivity index (χ0v) is 22.7. The van der Waals surface area contributed by atoms with E-state index in [4.69, 9.17) is 0 Å². The van der Waals surface area contributed by atoms with E-state index < -0.39 is 3.68 Å². The third kappa shape index (κ3) is 5.03. The Morgan fingerprint density at radius 2 is 1.77 bits per heavy atom. The van der Waals surface area contributed by atoms with E-state index >= 15 is 0 Å². The molecule has 1 atom stereocenters. The SMILES string of the molecule is Cc1c(-c2ccc(F)cc2)nnc(N2CCC(N(C)C(=O)c3cnn(C)c3C(C)(F)I)CC2)c1C. The molecule has 1 fully saturated rings. The van der Waals surface area contributed by atoms with Gasteiger partial charge in [-0.2, -0.15) is 5.10 Å². The number of halogens is 3. The zero-order valence-electron chi connectivity index (χ0n) is 20.5. The van der Waals surface area contributed by atoms with Crippen LogP contribution in [0.15, 0.2) is 30.5 Å². The number of hydrogen-bond donors (Lipinski definition) is 0. The average molecular weight is 594 g/mol. The molecule has 10 heteroatoms. The van der Waals surface area contributed by atoms with Gasteiger partial charge in [0, 0.05) is 38.8 Å². The number of hydrogen-bond acceptors (Lipinski definition) is 5. The van der Waals surface area contributed by atoms with Crippen LogP contribution < -0.4 is 4.90 Å². The average Bonchev–Trinajstić information content (AvgIpc) is 3.23. The molecule has 4 rings (SSSR count). The van der Waals surface area contributed by atoms with Crippen LogP contribution in [0.4, 0.5) is 14.6 Å². The van der Waals surface area contributed by atoms with E-state index in [-0.39, 0.29) is 23.5 Å². The minimum Gasteiger partial charge on any atom is -0.355 e. The number of aromatic nitrogens is 4. The molecule has 186 valence electrons. The van der Waals surface area contributed by atoms with Crippen LogP contribution in [0.2, 0.25) is 0 Å². The summed E-state index contributed by atoms with van der Waals surface area (Å²) in [5.74, 6) is 0.322. The van der Waals surface area contributed by atoms with Crippen LogP contribution in [0.3, 0.4) is 0 Å². The van der Waals surface area contributed by atoms with Crippen molar-refractivity contribution in [3.8, 4) is 11.3 Å². The van der Waals surface area contributed by atoms with Gasteiger partial charge in [0.05, 0.1) is 23.1 Å². The Balaban J connectivity index is 1.47. The standard InChI is InChI=1S/C25H29F2IN6O/c1-15-16(2)23(31-30-21(15)17-6-8-18(26)9-7-17)34-12-10-19(11-13-34)32(4)24(35)20-14-29-33(5)22(20)25(3,27)28/h6-9,14,19H,10-13H2,1-5H3. The van der Waals surface area contributed by atoms with Crippen molar-refractivity contribution in [1.82, 2.24) is 24.9 Å². The molecule has 7 nitrogen and oxygen atoms in total. The Kier molecular flexibility index (Phi) is 7.12. The minimum atomic E-state index is -1.70. The fourth-order valence-electron chi connectivity index (χ4n) is 4.71. The molecule has 0 aliphatic carbocycles. The molecule has 0 spiro atoms. The third-order valence-electron chi connectivity index (χ3n) is 6.83. The smallest absolute Gasteiger partial charge is 0.257 e. The molecule has 3 aromatic rings. The molecule has 1 saturated heterocycles. The van der Waals surface area contributed by atoms with E-state index in [1.54, 1.807) is 53.7 Å². The van der Waals surface area contributed by atoms with Crippen LogP contribution in [0.1, 0.15) is 46.9 Å². The summed E-state index contributed by atoms with van der Waals surface area (Å²) < 4.78 is 27.8. The highest BCUT2D eigenvalue weighted by molar-refractivity contribution is 14.1. The number of carbonyl (C=O) groups excluding carboxylic acids is 1. The van der Waals surface area contributed by atoms with Crippen LogP contribution in [0.5, 0.6) is 0 Å². The van der Waals surface area contributed by atoms with Gasteiger partial charge in [-0.05, 0) is 91.6 Å². The molecule has 0 bridgehead atoms. The van der Waals surface area contributed by atoms with Crippen LogP contribution in [0, 0.1) is 19.7 Å². The van der Waals surface area contributed by atoms with Gasteiger partial charge in [0.1, 0.15) is 5.82 Å². The Labute approximate surface area is 217 Å². The van der Waals surface area contributed by atoms with Crippen LogP contribution >= 0.6 is 22.6 Å². The molecular weight excluding hydrogens is 565 g/mol. The summed E-state index contributed by atoms with van der Waals surface area (Å²) >= 11 is 1.69. The van der Waals surface area contributed by atoms with Crippen molar-refractivity contribution >= 4 is 34.3 Å². The van der Waals surface area contributed by atoms with E-state index in [0.29, 0.717) is 5.56 Å². The Bertz CT molecular complexity index is 1230. The van der Waals surface area contributed by atoms with Gasteiger partial charge in [0.2, 0.25) is 0 Å². The third-order valence-corrected chi connectivity index (χ3v) is 7.34. The van der Waals surface area contributed by atoms with Gasteiger partial charge < -0.3 is 9.80 Å². The van der Waals surface area contributed by atoms with Gasteiger partial charge in [0.25, 0.3) is 5.91 Å². The van der Waals surface area contributed by atoms with Crippen molar-refractivity contribution in [2.75, 3.05) is 25.0 Å². The lowest BCUT2D eigenvalue weighted by molar-refractivity contribution is 0.0705. The second-order valence-corrected chi connectivity index (χ2v) is 11.2. The highest BCUT2D eigenvalue weighted by atomic mass is 127.